The third-order valence-electron chi connectivity index (χ3n) is 7.32. The fraction of sp³-hybridized carbons (Fsp3) is 0.480. The minimum absolute atomic E-state index is 0.0369. The molecule has 2 heteroatoms. The fourth-order valence-corrected chi connectivity index (χ4v) is 5.84. The summed E-state index contributed by atoms with van der Waals surface area (Å²) < 4.78 is 0. The first-order valence-electron chi connectivity index (χ1n) is 10.1. The molecule has 2 aliphatic rings. The molecular formula is C25H31NO. The van der Waals surface area contributed by atoms with Gasteiger partial charge < -0.3 is 4.98 Å². The van der Waals surface area contributed by atoms with Crippen LogP contribution in [0.5, 0.6) is 0 Å². The molecule has 0 bridgehead atoms. The molecule has 4 rings (SSSR count). The highest BCUT2D eigenvalue weighted by atomic mass is 16.1. The number of nitrogens with one attached hydrogen (secondary N) is 1. The lowest BCUT2D eigenvalue weighted by molar-refractivity contribution is -0.129. The molecule has 1 aromatic carbocycles. The maximum atomic E-state index is 13.6. The summed E-state index contributed by atoms with van der Waals surface area (Å²) in [6.45, 7) is 17.2. The Bertz CT molecular complexity index is 946. The number of H-pyrrole nitrogens is 1. The van der Waals surface area contributed by atoms with Crippen molar-refractivity contribution in [1.29, 1.82) is 0 Å². The van der Waals surface area contributed by atoms with Crippen LogP contribution in [0.3, 0.4) is 0 Å². The Morgan fingerprint density at radius 3 is 2.63 bits per heavy atom. The molecule has 142 valence electrons. The summed E-state index contributed by atoms with van der Waals surface area (Å²) in [6, 6.07) is 8.56. The van der Waals surface area contributed by atoms with Crippen LogP contribution in [0.25, 0.3) is 10.9 Å². The SMILES string of the molecule is C=C[C@@]1(C)CC[C@H](C(=C)C)[C@H]2c3c([nH]c4ccccc34)C(C)(C)CC(=O)[C@H]21. The molecule has 0 aliphatic heterocycles. The molecule has 0 unspecified atom stereocenters. The van der Waals surface area contributed by atoms with E-state index in [0.717, 1.165) is 12.8 Å². The third-order valence-corrected chi connectivity index (χ3v) is 7.32. The number of aromatic amines is 1. The van der Waals surface area contributed by atoms with Gasteiger partial charge in [-0.3, -0.25) is 4.79 Å². The first kappa shape index (κ1) is 18.3. The number of hydrogen-bond acceptors (Lipinski definition) is 1. The summed E-state index contributed by atoms with van der Waals surface area (Å²) >= 11 is 0. The van der Waals surface area contributed by atoms with E-state index in [4.69, 9.17) is 0 Å². The van der Waals surface area contributed by atoms with Gasteiger partial charge in [0.25, 0.3) is 0 Å². The minimum atomic E-state index is -0.204. The Balaban J connectivity index is 2.08. The van der Waals surface area contributed by atoms with Crippen LogP contribution in [-0.4, -0.2) is 10.8 Å². The van der Waals surface area contributed by atoms with Crippen LogP contribution < -0.4 is 0 Å². The maximum absolute atomic E-state index is 13.6. The molecule has 2 aliphatic carbocycles. The van der Waals surface area contributed by atoms with E-state index >= 15 is 0 Å². The molecule has 2 aromatic rings. The van der Waals surface area contributed by atoms with Crippen LogP contribution >= 0.6 is 0 Å². The number of fused-ring (bicyclic) bond motifs is 5. The van der Waals surface area contributed by atoms with E-state index in [-0.39, 0.29) is 22.7 Å². The standard InChI is InChI=1S/C25H31NO/c1-7-25(6)13-12-16(15(2)3)20-21-17-10-8-9-11-18(17)26-23(21)24(4,5)14-19(27)22(20)25/h7-11,16,20,22,26H,1-2,12-14H2,3-6H3/t16-,20+,22-,25+/m1/s1. The van der Waals surface area contributed by atoms with E-state index in [2.05, 4.69) is 70.1 Å². The van der Waals surface area contributed by atoms with E-state index in [0.29, 0.717) is 18.1 Å². The number of carbonyl (C=O) groups excluding carboxylic acids is 1. The molecule has 0 spiro atoms. The van der Waals surface area contributed by atoms with E-state index in [1.54, 1.807) is 0 Å². The summed E-state index contributed by atoms with van der Waals surface area (Å²) in [5, 5.41) is 1.27. The van der Waals surface area contributed by atoms with E-state index in [9.17, 15) is 4.79 Å². The van der Waals surface area contributed by atoms with Crippen LogP contribution in [0.2, 0.25) is 0 Å². The van der Waals surface area contributed by atoms with E-state index < -0.39 is 0 Å². The van der Waals surface area contributed by atoms with Crippen LogP contribution in [0.4, 0.5) is 0 Å². The van der Waals surface area contributed by atoms with Gasteiger partial charge in [-0.15, -0.1) is 6.58 Å². The second kappa shape index (κ2) is 5.95. The maximum Gasteiger partial charge on any atom is 0.138 e. The van der Waals surface area contributed by atoms with Crippen molar-refractivity contribution in [2.75, 3.05) is 0 Å². The Kier molecular flexibility index (Phi) is 4.03. The van der Waals surface area contributed by atoms with Crippen molar-refractivity contribution >= 4 is 16.7 Å². The Hall–Kier alpha value is -2.09. The zero-order valence-electron chi connectivity index (χ0n) is 17.1. The van der Waals surface area contributed by atoms with Crippen molar-refractivity contribution in [3.63, 3.8) is 0 Å². The summed E-state index contributed by atoms with van der Waals surface area (Å²) in [5.41, 5.74) is 4.60. The van der Waals surface area contributed by atoms with Gasteiger partial charge in [0.15, 0.2) is 0 Å². The van der Waals surface area contributed by atoms with Crippen LogP contribution in [0, 0.1) is 17.3 Å². The zero-order chi connectivity index (χ0) is 19.6. The highest BCUT2D eigenvalue weighted by Gasteiger charge is 2.53. The van der Waals surface area contributed by atoms with Gasteiger partial charge >= 0.3 is 0 Å². The Morgan fingerprint density at radius 2 is 1.96 bits per heavy atom. The van der Waals surface area contributed by atoms with Crippen LogP contribution in [0.1, 0.15) is 64.1 Å². The lowest BCUT2D eigenvalue weighted by atomic mass is 9.55. The molecule has 1 aromatic heterocycles. The number of benzene rings is 1. The second-order valence-electron chi connectivity index (χ2n) is 9.69. The summed E-state index contributed by atoms with van der Waals surface area (Å²) in [7, 11) is 0. The Morgan fingerprint density at radius 1 is 1.26 bits per heavy atom. The predicted molar refractivity (Wildman–Crippen MR) is 113 cm³/mol. The number of aromatic nitrogens is 1. The monoisotopic (exact) mass is 361 g/mol. The lowest BCUT2D eigenvalue weighted by Gasteiger charge is -2.47. The Labute approximate surface area is 162 Å². The number of Topliss-reactive ketones (excluding diaryl/α,β-unsaturated/α-hetero) is 1. The largest absolute Gasteiger partial charge is 0.358 e. The van der Waals surface area contributed by atoms with Gasteiger partial charge in [0.1, 0.15) is 5.78 Å². The van der Waals surface area contributed by atoms with Crippen molar-refractivity contribution in [1.82, 2.24) is 4.98 Å². The molecule has 1 saturated carbocycles. The normalized spacial score (nSPS) is 32.4. The van der Waals surface area contributed by atoms with Gasteiger partial charge in [-0.1, -0.05) is 57.2 Å². The van der Waals surface area contributed by atoms with Gasteiger partial charge in [0.05, 0.1) is 0 Å². The number of carbonyl (C=O) groups is 1. The highest BCUT2D eigenvalue weighted by Crippen LogP contribution is 2.59. The molecule has 27 heavy (non-hydrogen) atoms. The van der Waals surface area contributed by atoms with Crippen molar-refractivity contribution in [3.8, 4) is 0 Å². The van der Waals surface area contributed by atoms with E-state index in [1.807, 2.05) is 6.08 Å². The van der Waals surface area contributed by atoms with Gasteiger partial charge in [0, 0.05) is 40.3 Å². The topological polar surface area (TPSA) is 32.9 Å². The van der Waals surface area contributed by atoms with Gasteiger partial charge in [-0.05, 0) is 42.7 Å². The smallest absolute Gasteiger partial charge is 0.138 e. The number of para-hydroxylation sites is 1. The summed E-state index contributed by atoms with van der Waals surface area (Å²) in [6.07, 6.45) is 4.68. The molecule has 1 fully saturated rings. The minimum Gasteiger partial charge on any atom is -0.358 e. The number of hydrogen-bond donors (Lipinski definition) is 1. The van der Waals surface area contributed by atoms with E-state index in [1.165, 1.54) is 27.7 Å². The van der Waals surface area contributed by atoms with Gasteiger partial charge in [0.2, 0.25) is 0 Å². The van der Waals surface area contributed by atoms with Crippen molar-refractivity contribution in [2.45, 2.75) is 58.3 Å². The predicted octanol–water partition coefficient (Wildman–Crippen LogP) is 6.30. The van der Waals surface area contributed by atoms with Crippen molar-refractivity contribution < 1.29 is 4.79 Å². The van der Waals surface area contributed by atoms with Crippen molar-refractivity contribution in [3.05, 3.63) is 60.3 Å². The highest BCUT2D eigenvalue weighted by molar-refractivity contribution is 5.91. The molecule has 4 atom stereocenters. The first-order chi connectivity index (χ1) is 12.7. The average Bonchev–Trinajstić information content (AvgIpc) is 2.97. The second-order valence-corrected chi connectivity index (χ2v) is 9.69. The van der Waals surface area contributed by atoms with Crippen LogP contribution in [0.15, 0.2) is 49.1 Å². The molecule has 2 nitrogen and oxygen atoms in total. The number of rotatable bonds is 2. The van der Waals surface area contributed by atoms with Gasteiger partial charge in [-0.25, -0.2) is 0 Å². The number of ketones is 1. The third kappa shape index (κ3) is 2.56. The summed E-state index contributed by atoms with van der Waals surface area (Å²) in [4.78, 5) is 17.3. The molecule has 0 radical (unpaired) electrons. The fourth-order valence-electron chi connectivity index (χ4n) is 5.84. The van der Waals surface area contributed by atoms with Crippen LogP contribution in [-0.2, 0) is 10.2 Å². The quantitative estimate of drug-likeness (QED) is 0.626. The molecule has 0 amide bonds. The molecule has 1 N–H and O–H groups in total. The molecular weight excluding hydrogens is 330 g/mol. The van der Waals surface area contributed by atoms with Gasteiger partial charge in [-0.2, -0.15) is 0 Å². The molecule has 1 heterocycles. The lowest BCUT2D eigenvalue weighted by Crippen LogP contribution is -2.43. The van der Waals surface area contributed by atoms with Crippen molar-refractivity contribution in [2.24, 2.45) is 17.3 Å². The first-order valence-corrected chi connectivity index (χ1v) is 10.1. The molecule has 0 saturated heterocycles. The number of allylic oxidation sites excluding steroid dienone is 2. The average molecular weight is 362 g/mol. The summed E-state index contributed by atoms with van der Waals surface area (Å²) in [5.74, 6) is 0.843. The zero-order valence-corrected chi connectivity index (χ0v) is 17.1.